The van der Waals surface area contributed by atoms with Crippen molar-refractivity contribution in [1.82, 2.24) is 15.6 Å². The van der Waals surface area contributed by atoms with Gasteiger partial charge < -0.3 is 10.6 Å². The van der Waals surface area contributed by atoms with Gasteiger partial charge in [0.1, 0.15) is 0 Å². The van der Waals surface area contributed by atoms with Crippen LogP contribution in [0.15, 0.2) is 30.6 Å². The van der Waals surface area contributed by atoms with Crippen molar-refractivity contribution in [1.29, 1.82) is 0 Å². The van der Waals surface area contributed by atoms with Gasteiger partial charge in [-0.15, -0.1) is 0 Å². The summed E-state index contributed by atoms with van der Waals surface area (Å²) in [6.07, 6.45) is 13.0. The Kier molecular flexibility index (Phi) is 6.95. The van der Waals surface area contributed by atoms with Gasteiger partial charge in [-0.25, -0.2) is 0 Å². The zero-order valence-electron chi connectivity index (χ0n) is 12.6. The second-order valence-electron chi connectivity index (χ2n) is 5.60. The molecule has 0 aromatic carbocycles. The average molecular weight is 287 g/mol. The smallest absolute Gasteiger partial charge is 0.243 e. The monoisotopic (exact) mass is 287 g/mol. The van der Waals surface area contributed by atoms with E-state index < -0.39 is 0 Å². The van der Waals surface area contributed by atoms with Gasteiger partial charge >= 0.3 is 0 Å². The van der Waals surface area contributed by atoms with Crippen molar-refractivity contribution in [2.75, 3.05) is 19.6 Å². The van der Waals surface area contributed by atoms with Crippen molar-refractivity contribution in [3.8, 4) is 0 Å². The molecule has 1 amide bonds. The summed E-state index contributed by atoms with van der Waals surface area (Å²) in [5.74, 6) is 0.855. The number of carbonyl (C=O) groups is 1. The molecule has 1 fully saturated rings. The van der Waals surface area contributed by atoms with Gasteiger partial charge in [0.2, 0.25) is 5.91 Å². The second kappa shape index (κ2) is 9.29. The zero-order chi connectivity index (χ0) is 14.8. The Labute approximate surface area is 127 Å². The third-order valence-electron chi connectivity index (χ3n) is 3.91. The third-order valence-corrected chi connectivity index (χ3v) is 3.91. The minimum Gasteiger partial charge on any atom is -0.353 e. The summed E-state index contributed by atoms with van der Waals surface area (Å²) in [4.78, 5) is 15.7. The van der Waals surface area contributed by atoms with Crippen LogP contribution in [0.2, 0.25) is 0 Å². The van der Waals surface area contributed by atoms with E-state index in [0.717, 1.165) is 24.4 Å². The molecule has 2 rings (SSSR count). The summed E-state index contributed by atoms with van der Waals surface area (Å²) >= 11 is 0. The molecule has 1 aromatic heterocycles. The maximum atomic E-state index is 11.7. The summed E-state index contributed by atoms with van der Waals surface area (Å²) in [6.45, 7) is 3.10. The maximum absolute atomic E-state index is 11.7. The van der Waals surface area contributed by atoms with Crippen molar-refractivity contribution in [3.05, 3.63) is 36.2 Å². The highest BCUT2D eigenvalue weighted by molar-refractivity contribution is 5.91. The molecule has 0 spiro atoms. The summed E-state index contributed by atoms with van der Waals surface area (Å²) in [7, 11) is 0. The molecule has 4 heteroatoms. The van der Waals surface area contributed by atoms with E-state index in [0.29, 0.717) is 0 Å². The molecule has 0 radical (unpaired) electrons. The molecule has 2 N–H and O–H groups in total. The number of nitrogens with zero attached hydrogens (tertiary/aromatic N) is 1. The number of unbranched alkanes of at least 4 members (excludes halogenated alkanes) is 1. The number of nitrogens with one attached hydrogen (secondary N) is 2. The van der Waals surface area contributed by atoms with Crippen molar-refractivity contribution < 1.29 is 4.79 Å². The predicted octanol–water partition coefficient (Wildman–Crippen LogP) is 2.38. The lowest BCUT2D eigenvalue weighted by atomic mass is 9.92. The van der Waals surface area contributed by atoms with Crippen LogP contribution in [-0.4, -0.2) is 30.5 Å². The van der Waals surface area contributed by atoms with Crippen molar-refractivity contribution in [3.63, 3.8) is 0 Å². The van der Waals surface area contributed by atoms with E-state index in [9.17, 15) is 4.79 Å². The van der Waals surface area contributed by atoms with Gasteiger partial charge in [-0.3, -0.25) is 9.78 Å². The third kappa shape index (κ3) is 6.54. The quantitative estimate of drug-likeness (QED) is 0.598. The Morgan fingerprint density at radius 2 is 2.24 bits per heavy atom. The van der Waals surface area contributed by atoms with Crippen LogP contribution in [0.4, 0.5) is 0 Å². The average Bonchev–Trinajstić information content (AvgIpc) is 2.54. The molecule has 2 heterocycles. The van der Waals surface area contributed by atoms with E-state index in [4.69, 9.17) is 0 Å². The minimum atomic E-state index is -0.0271. The summed E-state index contributed by atoms with van der Waals surface area (Å²) in [5.41, 5.74) is 0.943. The van der Waals surface area contributed by atoms with Gasteiger partial charge in [0.25, 0.3) is 0 Å². The topological polar surface area (TPSA) is 54.0 Å². The Balaban J connectivity index is 1.54. The molecular formula is C17H25N3O. The van der Waals surface area contributed by atoms with Crippen LogP contribution in [0.1, 0.15) is 37.7 Å². The van der Waals surface area contributed by atoms with E-state index in [-0.39, 0.29) is 5.91 Å². The lowest BCUT2D eigenvalue weighted by molar-refractivity contribution is -0.116. The predicted molar refractivity (Wildman–Crippen MR) is 85.7 cm³/mol. The fourth-order valence-electron chi connectivity index (χ4n) is 2.65. The number of hydrogen-bond acceptors (Lipinski definition) is 3. The number of piperidine rings is 1. The van der Waals surface area contributed by atoms with Crippen LogP contribution in [0.25, 0.3) is 6.08 Å². The molecule has 0 bridgehead atoms. The highest BCUT2D eigenvalue weighted by Gasteiger charge is 2.11. The van der Waals surface area contributed by atoms with Crippen molar-refractivity contribution in [2.24, 2.45) is 5.92 Å². The molecule has 0 unspecified atom stereocenters. The lowest BCUT2D eigenvalue weighted by Crippen LogP contribution is -2.28. The van der Waals surface area contributed by atoms with Gasteiger partial charge in [0.05, 0.1) is 0 Å². The molecule has 1 aliphatic rings. The normalized spacial score (nSPS) is 16.2. The van der Waals surface area contributed by atoms with E-state index in [1.807, 2.05) is 12.1 Å². The van der Waals surface area contributed by atoms with Crippen LogP contribution in [-0.2, 0) is 4.79 Å². The van der Waals surface area contributed by atoms with E-state index in [2.05, 4.69) is 15.6 Å². The Hall–Kier alpha value is -1.68. The Bertz CT molecular complexity index is 439. The number of pyridine rings is 1. The Morgan fingerprint density at radius 3 is 3.00 bits per heavy atom. The van der Waals surface area contributed by atoms with Crippen LogP contribution in [0.5, 0.6) is 0 Å². The van der Waals surface area contributed by atoms with Gasteiger partial charge in [-0.2, -0.15) is 0 Å². The van der Waals surface area contributed by atoms with E-state index in [1.54, 1.807) is 24.5 Å². The molecule has 1 aromatic rings. The highest BCUT2D eigenvalue weighted by Crippen LogP contribution is 2.18. The number of hydrogen-bond donors (Lipinski definition) is 2. The van der Waals surface area contributed by atoms with Crippen molar-refractivity contribution >= 4 is 12.0 Å². The van der Waals surface area contributed by atoms with E-state index in [1.165, 1.54) is 38.8 Å². The first-order chi connectivity index (χ1) is 10.3. The lowest BCUT2D eigenvalue weighted by Gasteiger charge is -2.22. The van der Waals surface area contributed by atoms with Gasteiger partial charge in [-0.05, 0) is 56.0 Å². The van der Waals surface area contributed by atoms with Crippen LogP contribution in [0.3, 0.4) is 0 Å². The molecule has 4 nitrogen and oxygen atoms in total. The largest absolute Gasteiger partial charge is 0.353 e. The Morgan fingerprint density at radius 1 is 1.38 bits per heavy atom. The second-order valence-corrected chi connectivity index (χ2v) is 5.60. The van der Waals surface area contributed by atoms with E-state index >= 15 is 0 Å². The molecule has 0 saturated carbocycles. The fraction of sp³-hybridized carbons (Fsp3) is 0.529. The molecule has 114 valence electrons. The molecule has 0 aliphatic carbocycles. The SMILES string of the molecule is O=C(/C=C/c1cccnc1)NCCCCC1CCNCC1. The van der Waals surface area contributed by atoms with Crippen LogP contribution >= 0.6 is 0 Å². The van der Waals surface area contributed by atoms with Crippen LogP contribution in [0, 0.1) is 5.92 Å². The summed E-state index contributed by atoms with van der Waals surface area (Å²) in [6, 6.07) is 3.79. The van der Waals surface area contributed by atoms with Gasteiger partial charge in [-0.1, -0.05) is 18.9 Å². The highest BCUT2D eigenvalue weighted by atomic mass is 16.1. The molecule has 0 atom stereocenters. The molecule has 1 saturated heterocycles. The van der Waals surface area contributed by atoms with Crippen molar-refractivity contribution in [2.45, 2.75) is 32.1 Å². The number of aromatic nitrogens is 1. The zero-order valence-corrected chi connectivity index (χ0v) is 12.6. The fourth-order valence-corrected chi connectivity index (χ4v) is 2.65. The summed E-state index contributed by atoms with van der Waals surface area (Å²) < 4.78 is 0. The first-order valence-corrected chi connectivity index (χ1v) is 7.91. The maximum Gasteiger partial charge on any atom is 0.243 e. The molecular weight excluding hydrogens is 262 g/mol. The van der Waals surface area contributed by atoms with Gasteiger partial charge in [0.15, 0.2) is 0 Å². The number of carbonyl (C=O) groups excluding carboxylic acids is 1. The van der Waals surface area contributed by atoms with Gasteiger partial charge in [0, 0.05) is 25.0 Å². The molecule has 21 heavy (non-hydrogen) atoms. The standard InChI is InChI=1S/C17H25N3O/c21-17(7-6-16-5-3-10-19-14-16)20-11-2-1-4-15-8-12-18-13-9-15/h3,5-7,10,14-15,18H,1-2,4,8-9,11-13H2,(H,20,21)/b7-6+. The number of amides is 1. The number of rotatable bonds is 7. The van der Waals surface area contributed by atoms with Crippen LogP contribution < -0.4 is 10.6 Å². The molecule has 1 aliphatic heterocycles. The minimum absolute atomic E-state index is 0.0271. The first kappa shape index (κ1) is 15.7. The summed E-state index contributed by atoms with van der Waals surface area (Å²) in [5, 5.41) is 6.32. The first-order valence-electron chi connectivity index (χ1n) is 7.91.